The molecule has 2 aliphatic heterocycles. The number of β-lactam (4-membered cyclic amide) rings is 1. The van der Waals surface area contributed by atoms with Gasteiger partial charge >= 0.3 is 5.97 Å². The number of carbonyl (C=O) groups is 3. The third-order valence-electron chi connectivity index (χ3n) is 4.45. The van der Waals surface area contributed by atoms with Crippen LogP contribution in [0.25, 0.3) is 0 Å². The Morgan fingerprint density at radius 3 is 2.67 bits per heavy atom. The summed E-state index contributed by atoms with van der Waals surface area (Å²) in [6, 6.07) is 7.64. The number of amides is 2. The minimum absolute atomic E-state index is 0.160. The standard InChI is InChI=1S/C16H19N3O4S/c1-16(8-18-10(20)7-9-5-3-2-4-6-9)12(15(22)23)19-13(21)11(17)14(19)24-16/h2-6,11-12,14H,7-8,17H2,1H3,(H,18,20)(H,22,23)/t11?,12-,14+,16?/m0/s1. The zero-order chi connectivity index (χ0) is 17.5. The highest BCUT2D eigenvalue weighted by Crippen LogP contribution is 2.50. The molecule has 2 saturated heterocycles. The number of carboxylic acids is 1. The number of hydrogen-bond donors (Lipinski definition) is 3. The van der Waals surface area contributed by atoms with Crippen molar-refractivity contribution in [3.63, 3.8) is 0 Å². The summed E-state index contributed by atoms with van der Waals surface area (Å²) in [4.78, 5) is 36.9. The fourth-order valence-corrected chi connectivity index (χ4v) is 4.84. The zero-order valence-corrected chi connectivity index (χ0v) is 14.0. The molecule has 1 aromatic rings. The lowest BCUT2D eigenvalue weighted by atomic mass is 9.94. The minimum Gasteiger partial charge on any atom is -0.480 e. The summed E-state index contributed by atoms with van der Waals surface area (Å²) in [7, 11) is 0. The van der Waals surface area contributed by atoms with Crippen LogP contribution in [-0.4, -0.2) is 56.5 Å². The van der Waals surface area contributed by atoms with Crippen LogP contribution in [0.1, 0.15) is 12.5 Å². The fourth-order valence-electron chi connectivity index (χ4n) is 3.19. The van der Waals surface area contributed by atoms with Crippen LogP contribution in [0.15, 0.2) is 30.3 Å². The smallest absolute Gasteiger partial charge is 0.327 e. The lowest BCUT2D eigenvalue weighted by Gasteiger charge is -2.41. The molecule has 0 radical (unpaired) electrons. The molecule has 0 spiro atoms. The summed E-state index contributed by atoms with van der Waals surface area (Å²) in [6.45, 7) is 1.91. The molecule has 7 nitrogen and oxygen atoms in total. The van der Waals surface area contributed by atoms with Crippen LogP contribution in [-0.2, 0) is 20.8 Å². The van der Waals surface area contributed by atoms with Crippen LogP contribution >= 0.6 is 11.8 Å². The topological polar surface area (TPSA) is 113 Å². The van der Waals surface area contributed by atoms with Crippen molar-refractivity contribution in [3.8, 4) is 0 Å². The Morgan fingerprint density at radius 1 is 1.38 bits per heavy atom. The Labute approximate surface area is 143 Å². The molecule has 1 aromatic carbocycles. The number of nitrogens with one attached hydrogen (secondary N) is 1. The van der Waals surface area contributed by atoms with E-state index < -0.39 is 22.8 Å². The molecule has 0 saturated carbocycles. The van der Waals surface area contributed by atoms with Crippen LogP contribution in [0, 0.1) is 0 Å². The molecule has 24 heavy (non-hydrogen) atoms. The number of nitrogens with two attached hydrogens (primary N) is 1. The highest BCUT2D eigenvalue weighted by Gasteiger charge is 2.64. The molecule has 4 N–H and O–H groups in total. The van der Waals surface area contributed by atoms with Gasteiger partial charge in [-0.25, -0.2) is 4.79 Å². The van der Waals surface area contributed by atoms with Gasteiger partial charge < -0.3 is 21.1 Å². The summed E-state index contributed by atoms with van der Waals surface area (Å²) in [5, 5.41) is 12.0. The van der Waals surface area contributed by atoms with E-state index in [4.69, 9.17) is 5.73 Å². The summed E-state index contributed by atoms with van der Waals surface area (Å²) in [5.74, 6) is -1.61. The first-order valence-corrected chi connectivity index (χ1v) is 8.50. The number of rotatable bonds is 5. The number of fused-ring (bicyclic) bond motifs is 1. The SMILES string of the molecule is CC1(CNC(=O)Cc2ccccc2)S[C@@H]2C(N)C(=O)N2[C@H]1C(=O)O. The molecule has 4 atom stereocenters. The predicted molar refractivity (Wildman–Crippen MR) is 89.2 cm³/mol. The zero-order valence-electron chi connectivity index (χ0n) is 13.1. The number of hydrogen-bond acceptors (Lipinski definition) is 5. The number of thioether (sulfide) groups is 1. The molecule has 2 unspecified atom stereocenters. The maximum absolute atomic E-state index is 12.1. The van der Waals surface area contributed by atoms with Crippen molar-refractivity contribution in [2.45, 2.75) is 35.5 Å². The van der Waals surface area contributed by atoms with Crippen molar-refractivity contribution in [2.75, 3.05) is 6.54 Å². The van der Waals surface area contributed by atoms with Crippen molar-refractivity contribution >= 4 is 29.5 Å². The Balaban J connectivity index is 1.66. The summed E-state index contributed by atoms with van der Waals surface area (Å²) in [5.41, 5.74) is 6.64. The van der Waals surface area contributed by atoms with Crippen molar-refractivity contribution in [2.24, 2.45) is 5.73 Å². The molecule has 3 rings (SSSR count). The molecule has 0 aromatic heterocycles. The average Bonchev–Trinajstić information content (AvgIpc) is 2.85. The van der Waals surface area contributed by atoms with Crippen molar-refractivity contribution in [1.82, 2.24) is 10.2 Å². The third-order valence-corrected chi connectivity index (χ3v) is 6.11. The van der Waals surface area contributed by atoms with E-state index >= 15 is 0 Å². The molecular formula is C16H19N3O4S. The molecule has 0 aliphatic carbocycles. The van der Waals surface area contributed by atoms with E-state index in [1.54, 1.807) is 6.92 Å². The van der Waals surface area contributed by atoms with Crippen LogP contribution in [0.2, 0.25) is 0 Å². The van der Waals surface area contributed by atoms with Gasteiger partial charge in [0.1, 0.15) is 17.5 Å². The van der Waals surface area contributed by atoms with Crippen molar-refractivity contribution in [1.29, 1.82) is 0 Å². The highest BCUT2D eigenvalue weighted by atomic mass is 32.2. The molecule has 2 heterocycles. The molecule has 0 bridgehead atoms. The second-order valence-corrected chi connectivity index (χ2v) is 7.92. The van der Waals surface area contributed by atoms with Gasteiger partial charge in [0, 0.05) is 6.54 Å². The molecule has 2 amide bonds. The van der Waals surface area contributed by atoms with Crippen LogP contribution in [0.5, 0.6) is 0 Å². The van der Waals surface area contributed by atoms with Gasteiger partial charge in [-0.15, -0.1) is 11.8 Å². The second-order valence-electron chi connectivity index (χ2n) is 6.27. The van der Waals surface area contributed by atoms with Gasteiger partial charge in [0.25, 0.3) is 0 Å². The van der Waals surface area contributed by atoms with E-state index in [2.05, 4.69) is 5.32 Å². The summed E-state index contributed by atoms with van der Waals surface area (Å²) < 4.78 is -0.813. The second kappa shape index (κ2) is 6.10. The molecule has 8 heteroatoms. The lowest BCUT2D eigenvalue weighted by molar-refractivity contribution is -0.159. The Bertz CT molecular complexity index is 683. The van der Waals surface area contributed by atoms with E-state index in [1.165, 1.54) is 16.7 Å². The number of nitrogens with zero attached hydrogens (tertiary/aromatic N) is 1. The van der Waals surface area contributed by atoms with E-state index in [1.807, 2.05) is 30.3 Å². The molecular weight excluding hydrogens is 330 g/mol. The Kier molecular flexibility index (Phi) is 4.27. The van der Waals surface area contributed by atoms with Crippen molar-refractivity contribution < 1.29 is 19.5 Å². The van der Waals surface area contributed by atoms with Crippen LogP contribution < -0.4 is 11.1 Å². The normalized spacial score (nSPS) is 31.3. The van der Waals surface area contributed by atoms with Gasteiger partial charge in [-0.3, -0.25) is 9.59 Å². The monoisotopic (exact) mass is 349 g/mol. The van der Waals surface area contributed by atoms with Crippen LogP contribution in [0.3, 0.4) is 0 Å². The van der Waals surface area contributed by atoms with Crippen LogP contribution in [0.4, 0.5) is 0 Å². The molecule has 128 valence electrons. The van der Waals surface area contributed by atoms with Crippen molar-refractivity contribution in [3.05, 3.63) is 35.9 Å². The maximum atomic E-state index is 12.1. The maximum Gasteiger partial charge on any atom is 0.327 e. The van der Waals surface area contributed by atoms with Gasteiger partial charge in [0.2, 0.25) is 11.8 Å². The number of benzene rings is 1. The van der Waals surface area contributed by atoms with E-state index in [-0.39, 0.29) is 30.2 Å². The van der Waals surface area contributed by atoms with Gasteiger partial charge in [-0.05, 0) is 12.5 Å². The first-order chi connectivity index (χ1) is 11.3. The summed E-state index contributed by atoms with van der Waals surface area (Å²) >= 11 is 1.34. The van der Waals surface area contributed by atoms with Gasteiger partial charge in [0.15, 0.2) is 0 Å². The number of aliphatic carboxylic acids is 1. The van der Waals surface area contributed by atoms with Gasteiger partial charge in [0.05, 0.1) is 11.2 Å². The van der Waals surface area contributed by atoms with Gasteiger partial charge in [-0.1, -0.05) is 30.3 Å². The third kappa shape index (κ3) is 2.76. The largest absolute Gasteiger partial charge is 0.480 e. The first kappa shape index (κ1) is 16.8. The summed E-state index contributed by atoms with van der Waals surface area (Å²) in [6.07, 6.45) is 0.227. The Morgan fingerprint density at radius 2 is 2.04 bits per heavy atom. The molecule has 2 aliphatic rings. The average molecular weight is 349 g/mol. The van der Waals surface area contributed by atoms with E-state index in [9.17, 15) is 19.5 Å². The lowest BCUT2D eigenvalue weighted by Crippen LogP contribution is -2.69. The minimum atomic E-state index is -1.08. The van der Waals surface area contributed by atoms with E-state index in [0.717, 1.165) is 5.56 Å². The Hall–Kier alpha value is -2.06. The number of carbonyl (C=O) groups excluding carboxylic acids is 2. The van der Waals surface area contributed by atoms with E-state index in [0.29, 0.717) is 0 Å². The predicted octanol–water partition coefficient (Wildman–Crippen LogP) is -0.200. The fraction of sp³-hybridized carbons (Fsp3) is 0.438. The number of carboxylic acid groups (broad SMARTS) is 1. The quantitative estimate of drug-likeness (QED) is 0.635. The first-order valence-electron chi connectivity index (χ1n) is 7.62. The molecule has 2 fully saturated rings. The van der Waals surface area contributed by atoms with Gasteiger partial charge in [-0.2, -0.15) is 0 Å². The highest BCUT2D eigenvalue weighted by molar-refractivity contribution is 8.01.